The maximum Gasteiger partial charge on any atom is 0.283 e. The highest BCUT2D eigenvalue weighted by Gasteiger charge is 2.19. The number of nitrogens with zero attached hydrogens (tertiary/aromatic N) is 1. The standard InChI is InChI=1S/C6H3ClF3NO/c7-3-2(12)1-11-5(4(3)8)6(9)10/h1,6,12H. The van der Waals surface area contributed by atoms with Crippen LogP contribution in [0.1, 0.15) is 12.1 Å². The van der Waals surface area contributed by atoms with Crippen molar-refractivity contribution < 1.29 is 18.3 Å². The summed E-state index contributed by atoms with van der Waals surface area (Å²) in [5.74, 6) is -2.04. The van der Waals surface area contributed by atoms with Crippen molar-refractivity contribution in [2.75, 3.05) is 0 Å². The van der Waals surface area contributed by atoms with E-state index in [0.717, 1.165) is 0 Å². The molecule has 0 bridgehead atoms. The summed E-state index contributed by atoms with van der Waals surface area (Å²) in [7, 11) is 0. The minimum Gasteiger partial charge on any atom is -0.505 e. The van der Waals surface area contributed by atoms with Crippen LogP contribution in [0.5, 0.6) is 5.75 Å². The monoisotopic (exact) mass is 197 g/mol. The molecule has 1 heterocycles. The fraction of sp³-hybridized carbons (Fsp3) is 0.167. The van der Waals surface area contributed by atoms with Gasteiger partial charge in [-0.3, -0.25) is 0 Å². The summed E-state index contributed by atoms with van der Waals surface area (Å²) in [6.45, 7) is 0. The number of pyridine rings is 1. The molecule has 0 fully saturated rings. The lowest BCUT2D eigenvalue weighted by molar-refractivity contribution is 0.140. The van der Waals surface area contributed by atoms with Gasteiger partial charge in [-0.2, -0.15) is 0 Å². The van der Waals surface area contributed by atoms with Gasteiger partial charge in [0.15, 0.2) is 11.6 Å². The summed E-state index contributed by atoms with van der Waals surface area (Å²) in [5, 5.41) is 7.99. The topological polar surface area (TPSA) is 33.1 Å². The van der Waals surface area contributed by atoms with Gasteiger partial charge in [-0.05, 0) is 0 Å². The van der Waals surface area contributed by atoms with Crippen molar-refractivity contribution in [3.63, 3.8) is 0 Å². The summed E-state index contributed by atoms with van der Waals surface area (Å²) in [4.78, 5) is 2.98. The SMILES string of the molecule is Oc1cnc(C(F)F)c(F)c1Cl. The van der Waals surface area contributed by atoms with Crippen molar-refractivity contribution in [1.82, 2.24) is 4.98 Å². The Hall–Kier alpha value is -0.970. The second kappa shape index (κ2) is 3.18. The van der Waals surface area contributed by atoms with Crippen LogP contribution in [0.25, 0.3) is 0 Å². The van der Waals surface area contributed by atoms with E-state index < -0.39 is 28.7 Å². The number of hydrogen-bond donors (Lipinski definition) is 1. The minimum absolute atomic E-state index is 0.654. The van der Waals surface area contributed by atoms with Crippen LogP contribution in [0.15, 0.2) is 6.20 Å². The predicted octanol–water partition coefficient (Wildman–Crippen LogP) is 2.52. The van der Waals surface area contributed by atoms with E-state index in [1.54, 1.807) is 0 Å². The number of hydrogen-bond acceptors (Lipinski definition) is 2. The minimum atomic E-state index is -3.04. The molecule has 0 saturated heterocycles. The Morgan fingerprint density at radius 1 is 1.50 bits per heavy atom. The van der Waals surface area contributed by atoms with E-state index in [-0.39, 0.29) is 0 Å². The highest BCUT2D eigenvalue weighted by molar-refractivity contribution is 6.32. The summed E-state index contributed by atoms with van der Waals surface area (Å²) in [6.07, 6.45) is -2.37. The molecule has 0 saturated carbocycles. The molecule has 1 aromatic heterocycles. The molecular formula is C6H3ClF3NO. The third-order valence-electron chi connectivity index (χ3n) is 1.18. The van der Waals surface area contributed by atoms with Gasteiger partial charge in [-0.1, -0.05) is 11.6 Å². The fourth-order valence-electron chi connectivity index (χ4n) is 0.621. The van der Waals surface area contributed by atoms with Gasteiger partial charge in [0.1, 0.15) is 10.7 Å². The molecule has 0 aliphatic carbocycles. The molecule has 0 aliphatic heterocycles. The average Bonchev–Trinajstić information content (AvgIpc) is 2.00. The zero-order valence-corrected chi connectivity index (χ0v) is 6.32. The highest BCUT2D eigenvalue weighted by atomic mass is 35.5. The van der Waals surface area contributed by atoms with Crippen molar-refractivity contribution >= 4 is 11.6 Å². The second-order valence-electron chi connectivity index (χ2n) is 1.96. The first kappa shape index (κ1) is 9.12. The molecule has 0 amide bonds. The maximum atomic E-state index is 12.7. The third kappa shape index (κ3) is 1.45. The molecule has 12 heavy (non-hydrogen) atoms. The Labute approximate surface area is 70.6 Å². The Kier molecular flexibility index (Phi) is 2.42. The first-order valence-electron chi connectivity index (χ1n) is 2.85. The Morgan fingerprint density at radius 2 is 2.08 bits per heavy atom. The molecule has 6 heteroatoms. The van der Waals surface area contributed by atoms with Gasteiger partial charge >= 0.3 is 0 Å². The van der Waals surface area contributed by atoms with E-state index in [0.29, 0.717) is 6.20 Å². The largest absolute Gasteiger partial charge is 0.505 e. The fourth-order valence-corrected chi connectivity index (χ4v) is 0.767. The lowest BCUT2D eigenvalue weighted by atomic mass is 10.3. The summed E-state index contributed by atoms with van der Waals surface area (Å²) in [6, 6.07) is 0. The Morgan fingerprint density at radius 3 is 2.58 bits per heavy atom. The lowest BCUT2D eigenvalue weighted by Gasteiger charge is -2.02. The number of aromatic nitrogens is 1. The van der Waals surface area contributed by atoms with Crippen molar-refractivity contribution in [2.24, 2.45) is 0 Å². The molecular weight excluding hydrogens is 195 g/mol. The molecule has 0 atom stereocenters. The van der Waals surface area contributed by atoms with E-state index in [2.05, 4.69) is 4.98 Å². The summed E-state index contributed by atoms with van der Waals surface area (Å²) in [5.41, 5.74) is -1.06. The molecule has 0 spiro atoms. The molecule has 1 rings (SSSR count). The summed E-state index contributed by atoms with van der Waals surface area (Å²) < 4.78 is 36.5. The average molecular weight is 198 g/mol. The molecule has 1 N–H and O–H groups in total. The quantitative estimate of drug-likeness (QED) is 0.751. The molecule has 2 nitrogen and oxygen atoms in total. The zero-order chi connectivity index (χ0) is 9.30. The van der Waals surface area contributed by atoms with E-state index >= 15 is 0 Å². The van der Waals surface area contributed by atoms with Gasteiger partial charge in [0.25, 0.3) is 6.43 Å². The molecule has 1 aromatic rings. The summed E-state index contributed by atoms with van der Waals surface area (Å²) >= 11 is 5.13. The van der Waals surface area contributed by atoms with Crippen LogP contribution in [-0.2, 0) is 0 Å². The Bertz CT molecular complexity index is 305. The highest BCUT2D eigenvalue weighted by Crippen LogP contribution is 2.30. The lowest BCUT2D eigenvalue weighted by Crippen LogP contribution is -1.95. The van der Waals surface area contributed by atoms with Gasteiger partial charge in [-0.25, -0.2) is 18.2 Å². The van der Waals surface area contributed by atoms with Gasteiger partial charge in [0.05, 0.1) is 6.20 Å². The van der Waals surface area contributed by atoms with Gasteiger partial charge in [0.2, 0.25) is 0 Å². The van der Waals surface area contributed by atoms with Gasteiger partial charge < -0.3 is 5.11 Å². The second-order valence-corrected chi connectivity index (χ2v) is 2.34. The van der Waals surface area contributed by atoms with Crippen LogP contribution in [0.4, 0.5) is 13.2 Å². The van der Waals surface area contributed by atoms with Crippen LogP contribution in [0.3, 0.4) is 0 Å². The van der Waals surface area contributed by atoms with Crippen LogP contribution >= 0.6 is 11.6 Å². The van der Waals surface area contributed by atoms with Crippen molar-refractivity contribution in [3.8, 4) is 5.75 Å². The Balaban J connectivity index is 3.27. The number of rotatable bonds is 1. The van der Waals surface area contributed by atoms with Gasteiger partial charge in [0, 0.05) is 0 Å². The number of aromatic hydroxyl groups is 1. The van der Waals surface area contributed by atoms with E-state index in [1.165, 1.54) is 0 Å². The van der Waals surface area contributed by atoms with Gasteiger partial charge in [-0.15, -0.1) is 0 Å². The van der Waals surface area contributed by atoms with Crippen molar-refractivity contribution in [2.45, 2.75) is 6.43 Å². The van der Waals surface area contributed by atoms with Crippen LogP contribution < -0.4 is 0 Å². The molecule has 0 unspecified atom stereocenters. The third-order valence-corrected chi connectivity index (χ3v) is 1.53. The van der Waals surface area contributed by atoms with Crippen LogP contribution in [-0.4, -0.2) is 10.1 Å². The predicted molar refractivity (Wildman–Crippen MR) is 35.8 cm³/mol. The van der Waals surface area contributed by atoms with Crippen molar-refractivity contribution in [3.05, 3.63) is 22.7 Å². The van der Waals surface area contributed by atoms with Crippen LogP contribution in [0.2, 0.25) is 5.02 Å². The number of alkyl halides is 2. The van der Waals surface area contributed by atoms with E-state index in [1.807, 2.05) is 0 Å². The zero-order valence-electron chi connectivity index (χ0n) is 5.56. The maximum absolute atomic E-state index is 12.7. The first-order chi connectivity index (χ1) is 5.54. The van der Waals surface area contributed by atoms with E-state index in [4.69, 9.17) is 16.7 Å². The van der Waals surface area contributed by atoms with E-state index in [9.17, 15) is 13.2 Å². The normalized spacial score (nSPS) is 10.8. The number of halogens is 4. The first-order valence-corrected chi connectivity index (χ1v) is 3.23. The van der Waals surface area contributed by atoms with Crippen molar-refractivity contribution in [1.29, 1.82) is 0 Å². The van der Waals surface area contributed by atoms with Crippen LogP contribution in [0, 0.1) is 5.82 Å². The smallest absolute Gasteiger partial charge is 0.283 e. The molecule has 0 radical (unpaired) electrons. The molecule has 0 aliphatic rings. The molecule has 66 valence electrons. The molecule has 0 aromatic carbocycles.